The summed E-state index contributed by atoms with van der Waals surface area (Å²) in [5.74, 6) is 0.999. The predicted octanol–water partition coefficient (Wildman–Crippen LogP) is 4.76. The summed E-state index contributed by atoms with van der Waals surface area (Å²) >= 11 is 0. The molecule has 0 spiro atoms. The summed E-state index contributed by atoms with van der Waals surface area (Å²) in [6.45, 7) is 12.8. The van der Waals surface area contributed by atoms with E-state index in [1.807, 2.05) is 36.1 Å². The molecule has 2 aromatic rings. The molecule has 0 aliphatic carbocycles. The highest BCUT2D eigenvalue weighted by molar-refractivity contribution is 5.78. The summed E-state index contributed by atoms with van der Waals surface area (Å²) in [5, 5.41) is 0. The van der Waals surface area contributed by atoms with Gasteiger partial charge in [0.2, 0.25) is 0 Å². The van der Waals surface area contributed by atoms with E-state index in [-0.39, 0.29) is 30.4 Å². The number of halogens is 1. The standard InChI is InChI=1S/C25H33FN2O2/c1-17(2)22-9-6-18(3)24(12-22)30-16-25(29)28-14-19(4)27(13-20(28)5)15-21-7-10-23(26)11-8-21/h6-12,17,19-20H,13-16H2,1-5H3/t19-,20+/m0/s1. The van der Waals surface area contributed by atoms with Crippen LogP contribution in [0.5, 0.6) is 5.75 Å². The number of benzene rings is 2. The highest BCUT2D eigenvalue weighted by Crippen LogP contribution is 2.25. The first kappa shape index (κ1) is 22.3. The van der Waals surface area contributed by atoms with Crippen LogP contribution in [0.2, 0.25) is 0 Å². The molecule has 0 unspecified atom stereocenters. The molecule has 4 nitrogen and oxygen atoms in total. The number of piperazine rings is 1. The first-order valence-electron chi connectivity index (χ1n) is 10.8. The number of aryl methyl sites for hydroxylation is 1. The number of amides is 1. The lowest BCUT2D eigenvalue weighted by Crippen LogP contribution is -2.58. The van der Waals surface area contributed by atoms with Crippen molar-refractivity contribution in [3.8, 4) is 5.75 Å². The Morgan fingerprint density at radius 3 is 2.47 bits per heavy atom. The van der Waals surface area contributed by atoms with Gasteiger partial charge in [0.1, 0.15) is 11.6 Å². The van der Waals surface area contributed by atoms with Gasteiger partial charge in [-0.15, -0.1) is 0 Å². The molecular weight excluding hydrogens is 379 g/mol. The average molecular weight is 413 g/mol. The molecule has 0 radical (unpaired) electrons. The predicted molar refractivity (Wildman–Crippen MR) is 118 cm³/mol. The number of rotatable bonds is 6. The largest absolute Gasteiger partial charge is 0.483 e. The Kier molecular flexibility index (Phi) is 7.14. The van der Waals surface area contributed by atoms with E-state index >= 15 is 0 Å². The number of carbonyl (C=O) groups excluding carboxylic acids is 1. The number of ether oxygens (including phenoxy) is 1. The number of hydrogen-bond acceptors (Lipinski definition) is 3. The molecule has 1 aliphatic heterocycles. The zero-order valence-electron chi connectivity index (χ0n) is 18.7. The maximum atomic E-state index is 13.2. The summed E-state index contributed by atoms with van der Waals surface area (Å²) in [6.07, 6.45) is 0. The fourth-order valence-electron chi connectivity index (χ4n) is 3.94. The maximum Gasteiger partial charge on any atom is 0.260 e. The summed E-state index contributed by atoms with van der Waals surface area (Å²) in [5.41, 5.74) is 3.33. The van der Waals surface area contributed by atoms with Crippen LogP contribution in [0.25, 0.3) is 0 Å². The average Bonchev–Trinajstić information content (AvgIpc) is 2.71. The van der Waals surface area contributed by atoms with E-state index in [0.717, 1.165) is 30.0 Å². The van der Waals surface area contributed by atoms with Crippen LogP contribution in [0.4, 0.5) is 4.39 Å². The Morgan fingerprint density at radius 1 is 1.10 bits per heavy atom. The summed E-state index contributed by atoms with van der Waals surface area (Å²) in [4.78, 5) is 17.2. The van der Waals surface area contributed by atoms with Gasteiger partial charge in [0.25, 0.3) is 5.91 Å². The molecule has 1 saturated heterocycles. The Bertz CT molecular complexity index is 866. The van der Waals surface area contributed by atoms with E-state index in [1.165, 1.54) is 17.7 Å². The van der Waals surface area contributed by atoms with E-state index in [2.05, 4.69) is 38.7 Å². The molecule has 2 aromatic carbocycles. The first-order chi connectivity index (χ1) is 14.2. The number of hydrogen-bond donors (Lipinski definition) is 0. The lowest BCUT2D eigenvalue weighted by molar-refractivity contribution is -0.139. The summed E-state index contributed by atoms with van der Waals surface area (Å²) < 4.78 is 19.1. The fraction of sp³-hybridized carbons (Fsp3) is 0.480. The van der Waals surface area contributed by atoms with Gasteiger partial charge in [-0.2, -0.15) is 0 Å². The second kappa shape index (κ2) is 9.61. The van der Waals surface area contributed by atoms with E-state index in [0.29, 0.717) is 12.5 Å². The fourth-order valence-corrected chi connectivity index (χ4v) is 3.94. The molecule has 1 aliphatic rings. The molecule has 0 N–H and O–H groups in total. The molecule has 0 bridgehead atoms. The van der Waals surface area contributed by atoms with E-state index in [4.69, 9.17) is 4.74 Å². The van der Waals surface area contributed by atoms with Crippen LogP contribution < -0.4 is 4.74 Å². The normalized spacial score (nSPS) is 19.9. The summed E-state index contributed by atoms with van der Waals surface area (Å²) in [6, 6.07) is 13.2. The first-order valence-corrected chi connectivity index (χ1v) is 10.8. The van der Waals surface area contributed by atoms with Crippen molar-refractivity contribution in [3.63, 3.8) is 0 Å². The minimum atomic E-state index is -0.218. The van der Waals surface area contributed by atoms with Gasteiger partial charge in [-0.3, -0.25) is 9.69 Å². The quantitative estimate of drug-likeness (QED) is 0.686. The van der Waals surface area contributed by atoms with Crippen molar-refractivity contribution in [2.24, 2.45) is 0 Å². The van der Waals surface area contributed by atoms with Crippen molar-refractivity contribution in [1.29, 1.82) is 0 Å². The molecule has 0 saturated carbocycles. The molecule has 162 valence electrons. The molecular formula is C25H33FN2O2. The van der Waals surface area contributed by atoms with Gasteiger partial charge < -0.3 is 9.64 Å². The van der Waals surface area contributed by atoms with Gasteiger partial charge in [0.05, 0.1) is 0 Å². The Balaban J connectivity index is 1.58. The van der Waals surface area contributed by atoms with E-state index in [9.17, 15) is 9.18 Å². The lowest BCUT2D eigenvalue weighted by atomic mass is 10.0. The van der Waals surface area contributed by atoms with Crippen molar-refractivity contribution >= 4 is 5.91 Å². The number of carbonyl (C=O) groups is 1. The Hall–Kier alpha value is -2.40. The van der Waals surface area contributed by atoms with Crippen LogP contribution in [0.1, 0.15) is 50.3 Å². The third kappa shape index (κ3) is 5.39. The zero-order valence-corrected chi connectivity index (χ0v) is 18.7. The van der Waals surface area contributed by atoms with E-state index in [1.54, 1.807) is 0 Å². The molecule has 1 fully saturated rings. The molecule has 30 heavy (non-hydrogen) atoms. The molecule has 0 aromatic heterocycles. The van der Waals surface area contributed by atoms with Crippen LogP contribution in [0.3, 0.4) is 0 Å². The van der Waals surface area contributed by atoms with Crippen molar-refractivity contribution in [2.75, 3.05) is 19.7 Å². The van der Waals surface area contributed by atoms with Crippen LogP contribution in [0.15, 0.2) is 42.5 Å². The molecule has 1 amide bonds. The van der Waals surface area contributed by atoms with Crippen molar-refractivity contribution < 1.29 is 13.9 Å². The molecule has 1 heterocycles. The van der Waals surface area contributed by atoms with Crippen LogP contribution in [-0.4, -0.2) is 47.5 Å². The molecule has 3 rings (SSSR count). The van der Waals surface area contributed by atoms with E-state index < -0.39 is 0 Å². The van der Waals surface area contributed by atoms with Crippen molar-refractivity contribution in [2.45, 2.75) is 59.2 Å². The van der Waals surface area contributed by atoms with Crippen molar-refractivity contribution in [3.05, 3.63) is 65.0 Å². The topological polar surface area (TPSA) is 32.8 Å². The van der Waals surface area contributed by atoms with Gasteiger partial charge in [-0.25, -0.2) is 4.39 Å². The molecule has 2 atom stereocenters. The van der Waals surface area contributed by atoms with Gasteiger partial charge in [0, 0.05) is 31.7 Å². The Labute approximate surface area is 179 Å². The summed E-state index contributed by atoms with van der Waals surface area (Å²) in [7, 11) is 0. The number of nitrogens with zero attached hydrogens (tertiary/aromatic N) is 2. The monoisotopic (exact) mass is 412 g/mol. The van der Waals surface area contributed by atoms with Gasteiger partial charge in [-0.1, -0.05) is 38.1 Å². The van der Waals surface area contributed by atoms with Crippen LogP contribution in [0, 0.1) is 12.7 Å². The Morgan fingerprint density at radius 2 is 1.80 bits per heavy atom. The third-order valence-electron chi connectivity index (χ3n) is 5.96. The molecule has 5 heteroatoms. The van der Waals surface area contributed by atoms with Gasteiger partial charge >= 0.3 is 0 Å². The highest BCUT2D eigenvalue weighted by atomic mass is 19.1. The SMILES string of the molecule is Cc1ccc(C(C)C)cc1OCC(=O)N1C[C@H](C)N(Cc2ccc(F)cc2)C[C@H]1C. The zero-order chi connectivity index (χ0) is 21.8. The third-order valence-corrected chi connectivity index (χ3v) is 5.96. The van der Waals surface area contributed by atoms with Crippen LogP contribution >= 0.6 is 0 Å². The minimum absolute atomic E-state index is 0.0186. The van der Waals surface area contributed by atoms with Gasteiger partial charge in [-0.05, 0) is 61.6 Å². The lowest BCUT2D eigenvalue weighted by Gasteiger charge is -2.44. The van der Waals surface area contributed by atoms with Crippen molar-refractivity contribution in [1.82, 2.24) is 9.80 Å². The highest BCUT2D eigenvalue weighted by Gasteiger charge is 2.32. The smallest absolute Gasteiger partial charge is 0.260 e. The van der Waals surface area contributed by atoms with Gasteiger partial charge in [0.15, 0.2) is 6.61 Å². The maximum absolute atomic E-state index is 13.2. The second-order valence-corrected chi connectivity index (χ2v) is 8.77. The second-order valence-electron chi connectivity index (χ2n) is 8.77. The van der Waals surface area contributed by atoms with Crippen LogP contribution in [-0.2, 0) is 11.3 Å². The minimum Gasteiger partial charge on any atom is -0.483 e.